The van der Waals surface area contributed by atoms with Gasteiger partial charge in [-0.1, -0.05) is 13.8 Å². The fourth-order valence-electron chi connectivity index (χ4n) is 0.731. The number of rotatable bonds is 0. The molecule has 50 valence electrons. The zero-order valence-corrected chi connectivity index (χ0v) is 9.32. The molecule has 0 spiro atoms. The first kappa shape index (κ1) is 13.1. The molecule has 1 aromatic carbocycles. The summed E-state index contributed by atoms with van der Waals surface area (Å²) in [5.41, 5.74) is 2.43. The summed E-state index contributed by atoms with van der Waals surface area (Å²) < 4.78 is 0. The largest absolute Gasteiger partial charge is 2.00 e. The van der Waals surface area contributed by atoms with E-state index in [-0.39, 0.29) is 40.0 Å². The van der Waals surface area contributed by atoms with Crippen LogP contribution in [-0.4, -0.2) is 23.1 Å². The predicted molar refractivity (Wildman–Crippen MR) is 40.5 cm³/mol. The van der Waals surface area contributed by atoms with E-state index in [0.717, 1.165) is 0 Å². The summed E-state index contributed by atoms with van der Waals surface area (Å²) in [6.45, 7) is 4.10. The molecule has 0 unspecified atom stereocenters. The maximum atomic E-state index is 3.17. The van der Waals surface area contributed by atoms with Crippen LogP contribution >= 0.6 is 0 Å². The maximum Gasteiger partial charge on any atom is 2.00 e. The fraction of sp³-hybridized carbons (Fsp3) is 0.250. The van der Waals surface area contributed by atoms with Crippen molar-refractivity contribution in [2.75, 3.05) is 0 Å². The summed E-state index contributed by atoms with van der Waals surface area (Å²) in [6, 6.07) is 9.31. The molecular weight excluding hydrogens is 200 g/mol. The van der Waals surface area contributed by atoms with E-state index >= 15 is 0 Å². The minimum Gasteiger partial charge on any atom is -1.00 e. The van der Waals surface area contributed by atoms with Gasteiger partial charge in [0.05, 0.1) is 0 Å². The van der Waals surface area contributed by atoms with Gasteiger partial charge in [0, 0.05) is 0 Å². The first-order valence-electron chi connectivity index (χ1n) is 2.74. The average Bonchev–Trinajstić information content (AvgIpc) is 1.64. The summed E-state index contributed by atoms with van der Waals surface area (Å²) in [4.78, 5) is 0. The van der Waals surface area contributed by atoms with Gasteiger partial charge < -0.3 is 17.0 Å². The number of aryl methyl sites for hydroxylation is 2. The van der Waals surface area contributed by atoms with Gasteiger partial charge in [-0.05, 0) is 0 Å². The second kappa shape index (κ2) is 6.19. The molecule has 0 fully saturated rings. The first-order chi connectivity index (χ1) is 3.79. The van der Waals surface area contributed by atoms with Gasteiger partial charge in [0.2, 0.25) is 0 Å². The van der Waals surface area contributed by atoms with Gasteiger partial charge in [0.25, 0.3) is 0 Å². The Labute approximate surface area is 88.9 Å². The Bertz CT molecular complexity index is 169. The fourth-order valence-corrected chi connectivity index (χ4v) is 0.731. The van der Waals surface area contributed by atoms with Gasteiger partial charge in [-0.25, -0.2) is 0 Å². The molecule has 0 aliphatic heterocycles. The van der Waals surface area contributed by atoms with Crippen molar-refractivity contribution in [1.82, 2.24) is 0 Å². The topological polar surface area (TPSA) is 0 Å². The third-order valence-corrected chi connectivity index (χ3v) is 1.09. The molecule has 0 aliphatic rings. The predicted octanol–water partition coefficient (Wildman–Crippen LogP) is -1.27. The Kier molecular flexibility index (Phi) is 8.10. The number of hydrogen-bond acceptors (Lipinski definition) is 0. The van der Waals surface area contributed by atoms with Crippen molar-refractivity contribution in [3.63, 3.8) is 0 Å². The third kappa shape index (κ3) is 4.31. The summed E-state index contributed by atoms with van der Waals surface area (Å²) in [6.07, 6.45) is 0. The number of benzene rings is 1. The van der Waals surface area contributed by atoms with Crippen LogP contribution in [0.15, 0.2) is 18.2 Å². The van der Waals surface area contributed by atoms with E-state index in [1.165, 1.54) is 11.1 Å². The minimum absolute atomic E-state index is 0. The molecule has 0 atom stereocenters. The summed E-state index contributed by atoms with van der Waals surface area (Å²) >= 11 is 0. The molecule has 0 aliphatic carbocycles. The standard InChI is InChI=1S/C8H9.BrH.Mg/c1-7-4-3-5-8(2)6-7;;/h3-5H,1-2H3;1H;/q-1;;+2/p-1. The Hall–Kier alpha value is 0.466. The van der Waals surface area contributed by atoms with Gasteiger partial charge in [-0.3, -0.25) is 0 Å². The smallest absolute Gasteiger partial charge is 1.00 e. The third-order valence-electron chi connectivity index (χ3n) is 1.09. The monoisotopic (exact) mass is 208 g/mol. The van der Waals surface area contributed by atoms with Crippen molar-refractivity contribution in [3.05, 3.63) is 35.4 Å². The normalized spacial score (nSPS) is 7.40. The molecule has 1 aromatic rings. The zero-order valence-electron chi connectivity index (χ0n) is 6.32. The second-order valence-electron chi connectivity index (χ2n) is 2.02. The van der Waals surface area contributed by atoms with Gasteiger partial charge in [-0.15, -0.1) is 0 Å². The van der Waals surface area contributed by atoms with E-state index in [1.807, 2.05) is 32.0 Å². The van der Waals surface area contributed by atoms with Gasteiger partial charge in [-0.2, -0.15) is 35.4 Å². The van der Waals surface area contributed by atoms with Gasteiger partial charge in [0.15, 0.2) is 0 Å². The Morgan fingerprint density at radius 3 is 1.70 bits per heavy atom. The summed E-state index contributed by atoms with van der Waals surface area (Å²) in [5, 5.41) is 0. The maximum absolute atomic E-state index is 3.17. The molecule has 0 amide bonds. The van der Waals surface area contributed by atoms with E-state index in [1.54, 1.807) is 0 Å². The van der Waals surface area contributed by atoms with E-state index in [2.05, 4.69) is 6.07 Å². The molecule has 0 N–H and O–H groups in total. The summed E-state index contributed by atoms with van der Waals surface area (Å²) in [7, 11) is 0. The second-order valence-corrected chi connectivity index (χ2v) is 2.02. The van der Waals surface area contributed by atoms with E-state index in [0.29, 0.717) is 0 Å². The van der Waals surface area contributed by atoms with Crippen molar-refractivity contribution >= 4 is 23.1 Å². The first-order valence-corrected chi connectivity index (χ1v) is 2.74. The summed E-state index contributed by atoms with van der Waals surface area (Å²) in [5.74, 6) is 0. The molecule has 1 rings (SSSR count). The van der Waals surface area contributed by atoms with Crippen LogP contribution in [0.5, 0.6) is 0 Å². The van der Waals surface area contributed by atoms with Crippen molar-refractivity contribution in [1.29, 1.82) is 0 Å². The molecule has 0 aromatic heterocycles. The van der Waals surface area contributed by atoms with E-state index < -0.39 is 0 Å². The quantitative estimate of drug-likeness (QED) is 0.369. The van der Waals surface area contributed by atoms with Crippen LogP contribution in [0, 0.1) is 19.9 Å². The Balaban J connectivity index is 0. The molecule has 0 radical (unpaired) electrons. The average molecular weight is 209 g/mol. The van der Waals surface area contributed by atoms with Crippen LogP contribution in [0.1, 0.15) is 11.1 Å². The minimum atomic E-state index is 0. The Morgan fingerprint density at radius 2 is 1.50 bits per heavy atom. The van der Waals surface area contributed by atoms with Crippen LogP contribution < -0.4 is 17.0 Å². The number of halogens is 1. The van der Waals surface area contributed by atoms with E-state index in [9.17, 15) is 0 Å². The molecule has 2 heteroatoms. The van der Waals surface area contributed by atoms with Crippen LogP contribution in [0.25, 0.3) is 0 Å². The number of hydrogen-bond donors (Lipinski definition) is 0. The van der Waals surface area contributed by atoms with Crippen molar-refractivity contribution < 1.29 is 17.0 Å². The molecule has 10 heavy (non-hydrogen) atoms. The van der Waals surface area contributed by atoms with Crippen LogP contribution in [0.2, 0.25) is 0 Å². The molecule has 0 nitrogen and oxygen atoms in total. The molecular formula is C8H9BrMg. The van der Waals surface area contributed by atoms with Gasteiger partial charge in [0.1, 0.15) is 0 Å². The van der Waals surface area contributed by atoms with Crippen molar-refractivity contribution in [2.45, 2.75) is 13.8 Å². The molecule has 0 heterocycles. The molecule has 0 saturated carbocycles. The SMILES string of the molecule is Cc1[c-]c(C)ccc1.[Br-].[Mg+2]. The van der Waals surface area contributed by atoms with E-state index in [4.69, 9.17) is 0 Å². The van der Waals surface area contributed by atoms with Crippen LogP contribution in [0.3, 0.4) is 0 Å². The molecule has 0 bridgehead atoms. The van der Waals surface area contributed by atoms with Gasteiger partial charge >= 0.3 is 23.1 Å². The zero-order chi connectivity index (χ0) is 5.98. The molecule has 0 saturated heterocycles. The Morgan fingerprint density at radius 1 is 1.10 bits per heavy atom. The van der Waals surface area contributed by atoms with Crippen LogP contribution in [-0.2, 0) is 0 Å². The van der Waals surface area contributed by atoms with Crippen molar-refractivity contribution in [2.24, 2.45) is 0 Å². The van der Waals surface area contributed by atoms with Crippen molar-refractivity contribution in [3.8, 4) is 0 Å². The van der Waals surface area contributed by atoms with Crippen LogP contribution in [0.4, 0.5) is 0 Å².